The van der Waals surface area contributed by atoms with Gasteiger partial charge in [0.05, 0.1) is 11.2 Å². The van der Waals surface area contributed by atoms with Crippen molar-refractivity contribution in [1.82, 2.24) is 4.98 Å². The van der Waals surface area contributed by atoms with Crippen molar-refractivity contribution < 1.29 is 8.78 Å². The first-order valence-electron chi connectivity index (χ1n) is 8.34. The highest BCUT2D eigenvalue weighted by molar-refractivity contribution is 5.92. The number of aromatic nitrogens is 1. The molecule has 24 heavy (non-hydrogen) atoms. The molecule has 1 fully saturated rings. The van der Waals surface area contributed by atoms with Gasteiger partial charge in [-0.15, -0.1) is 0 Å². The molecule has 0 spiro atoms. The summed E-state index contributed by atoms with van der Waals surface area (Å²) in [7, 11) is 0. The van der Waals surface area contributed by atoms with E-state index in [4.69, 9.17) is 5.73 Å². The molecule has 0 aliphatic heterocycles. The van der Waals surface area contributed by atoms with E-state index in [1.165, 1.54) is 6.07 Å². The molecule has 0 atom stereocenters. The summed E-state index contributed by atoms with van der Waals surface area (Å²) in [5, 5.41) is 0.657. The van der Waals surface area contributed by atoms with Gasteiger partial charge in [0.1, 0.15) is 11.6 Å². The molecule has 4 heteroatoms. The molecule has 2 nitrogen and oxygen atoms in total. The number of rotatable bonds is 3. The number of halogens is 2. The van der Waals surface area contributed by atoms with E-state index < -0.39 is 11.6 Å². The van der Waals surface area contributed by atoms with Crippen LogP contribution in [0, 0.1) is 24.5 Å². The second-order valence-corrected chi connectivity index (χ2v) is 6.86. The Labute approximate surface area is 139 Å². The molecule has 4 rings (SSSR count). The van der Waals surface area contributed by atoms with Crippen molar-refractivity contribution in [3.63, 3.8) is 0 Å². The number of nitrogens with one attached hydrogen (secondary N) is 1. The Kier molecular flexibility index (Phi) is 3.65. The minimum Gasteiger partial charge on any atom is -0.352 e. The van der Waals surface area contributed by atoms with E-state index in [2.05, 4.69) is 11.1 Å². The lowest BCUT2D eigenvalue weighted by Crippen LogP contribution is -2.28. The molecule has 0 unspecified atom stereocenters. The zero-order valence-electron chi connectivity index (χ0n) is 13.6. The maximum absolute atomic E-state index is 14.3. The molecule has 1 aliphatic rings. The molecule has 2 aromatic carbocycles. The molecule has 0 radical (unpaired) electrons. The van der Waals surface area contributed by atoms with Crippen LogP contribution >= 0.6 is 0 Å². The molecule has 1 aliphatic carbocycles. The summed E-state index contributed by atoms with van der Waals surface area (Å²) in [6.07, 6.45) is 1.95. The van der Waals surface area contributed by atoms with Gasteiger partial charge in [0.2, 0.25) is 0 Å². The number of H-pyrrole nitrogens is 1. The number of benzene rings is 2. The van der Waals surface area contributed by atoms with Crippen LogP contribution in [0.15, 0.2) is 36.4 Å². The summed E-state index contributed by atoms with van der Waals surface area (Å²) in [5.41, 5.74) is 10.2. The number of hydrogen-bond acceptors (Lipinski definition) is 1. The van der Waals surface area contributed by atoms with Crippen molar-refractivity contribution in [3.05, 3.63) is 59.2 Å². The normalized spacial score (nSPS) is 20.3. The predicted octanol–water partition coefficient (Wildman–Crippen LogP) is 4.87. The largest absolute Gasteiger partial charge is 0.352 e. The van der Waals surface area contributed by atoms with Gasteiger partial charge in [-0.2, -0.15) is 0 Å². The highest BCUT2D eigenvalue weighted by Crippen LogP contribution is 2.47. The van der Waals surface area contributed by atoms with Crippen molar-refractivity contribution in [1.29, 1.82) is 0 Å². The fourth-order valence-corrected chi connectivity index (χ4v) is 3.86. The average molecular weight is 326 g/mol. The summed E-state index contributed by atoms with van der Waals surface area (Å²) < 4.78 is 28.1. The molecule has 3 aromatic rings. The number of aromatic amines is 1. The van der Waals surface area contributed by atoms with E-state index in [0.717, 1.165) is 41.3 Å². The van der Waals surface area contributed by atoms with Crippen molar-refractivity contribution >= 4 is 10.9 Å². The minimum absolute atomic E-state index is 0.295. The molecule has 0 saturated heterocycles. The maximum Gasteiger partial charge on any atom is 0.150 e. The van der Waals surface area contributed by atoms with E-state index in [0.29, 0.717) is 29.3 Å². The van der Waals surface area contributed by atoms with Gasteiger partial charge >= 0.3 is 0 Å². The van der Waals surface area contributed by atoms with Gasteiger partial charge < -0.3 is 10.7 Å². The second kappa shape index (κ2) is 5.71. The Balaban J connectivity index is 1.93. The predicted molar refractivity (Wildman–Crippen MR) is 92.9 cm³/mol. The fraction of sp³-hybridized carbons (Fsp3) is 0.300. The smallest absolute Gasteiger partial charge is 0.150 e. The van der Waals surface area contributed by atoms with Crippen LogP contribution in [-0.4, -0.2) is 11.5 Å². The number of nitrogens with two attached hydrogens (primary N) is 1. The molecule has 1 heterocycles. The van der Waals surface area contributed by atoms with E-state index >= 15 is 0 Å². The minimum atomic E-state index is -0.542. The zero-order chi connectivity index (χ0) is 16.8. The van der Waals surface area contributed by atoms with Gasteiger partial charge in [0.25, 0.3) is 0 Å². The Morgan fingerprint density at radius 1 is 1.17 bits per heavy atom. The molecule has 1 saturated carbocycles. The molecule has 124 valence electrons. The maximum atomic E-state index is 14.3. The summed E-state index contributed by atoms with van der Waals surface area (Å²) in [4.78, 5) is 3.21. The van der Waals surface area contributed by atoms with Crippen LogP contribution in [-0.2, 0) is 0 Å². The lowest BCUT2D eigenvalue weighted by Gasteiger charge is -2.35. The summed E-state index contributed by atoms with van der Waals surface area (Å²) in [5.74, 6) is -0.279. The number of fused-ring (bicyclic) bond motifs is 1. The third-order valence-electron chi connectivity index (χ3n) is 5.15. The zero-order valence-corrected chi connectivity index (χ0v) is 13.6. The standard InChI is InChI=1S/C20H20F2N2/c1-11-3-2-4-13(5-11)19-18(14-6-12(7-14)10-23)16-8-15(21)9-17(22)20(16)24-19/h2-5,8-9,12,14,24H,6-7,10,23H2,1H3. The topological polar surface area (TPSA) is 41.8 Å². The van der Waals surface area contributed by atoms with E-state index in [-0.39, 0.29) is 0 Å². The van der Waals surface area contributed by atoms with Crippen LogP contribution < -0.4 is 5.73 Å². The highest BCUT2D eigenvalue weighted by atomic mass is 19.1. The molecular formula is C20H20F2N2. The van der Waals surface area contributed by atoms with Gasteiger partial charge in [0, 0.05) is 11.5 Å². The van der Waals surface area contributed by atoms with Crippen LogP contribution in [0.5, 0.6) is 0 Å². The Morgan fingerprint density at radius 3 is 2.67 bits per heavy atom. The molecular weight excluding hydrogens is 306 g/mol. The van der Waals surface area contributed by atoms with Crippen LogP contribution in [0.4, 0.5) is 8.78 Å². The van der Waals surface area contributed by atoms with Gasteiger partial charge in [-0.25, -0.2) is 8.78 Å². The summed E-state index contributed by atoms with van der Waals surface area (Å²) in [6.45, 7) is 2.70. The van der Waals surface area contributed by atoms with Crippen LogP contribution in [0.1, 0.15) is 29.9 Å². The number of aryl methyl sites for hydroxylation is 1. The lowest BCUT2D eigenvalue weighted by molar-refractivity contribution is 0.274. The molecule has 0 amide bonds. The Morgan fingerprint density at radius 2 is 1.96 bits per heavy atom. The van der Waals surface area contributed by atoms with E-state index in [1.807, 2.05) is 25.1 Å². The van der Waals surface area contributed by atoms with Gasteiger partial charge in [-0.1, -0.05) is 23.8 Å². The van der Waals surface area contributed by atoms with Crippen LogP contribution in [0.3, 0.4) is 0 Å². The first-order valence-corrected chi connectivity index (χ1v) is 8.34. The first-order chi connectivity index (χ1) is 11.6. The van der Waals surface area contributed by atoms with Crippen molar-refractivity contribution in [2.24, 2.45) is 11.7 Å². The molecule has 0 bridgehead atoms. The van der Waals surface area contributed by atoms with Gasteiger partial charge in [0.15, 0.2) is 0 Å². The fourth-order valence-electron chi connectivity index (χ4n) is 3.86. The second-order valence-electron chi connectivity index (χ2n) is 6.86. The van der Waals surface area contributed by atoms with E-state index in [1.54, 1.807) is 0 Å². The summed E-state index contributed by atoms with van der Waals surface area (Å²) in [6, 6.07) is 10.5. The van der Waals surface area contributed by atoms with Crippen LogP contribution in [0.25, 0.3) is 22.2 Å². The quantitative estimate of drug-likeness (QED) is 0.708. The van der Waals surface area contributed by atoms with E-state index in [9.17, 15) is 8.78 Å². The van der Waals surface area contributed by atoms with Crippen molar-refractivity contribution in [3.8, 4) is 11.3 Å². The van der Waals surface area contributed by atoms with Crippen molar-refractivity contribution in [2.75, 3.05) is 6.54 Å². The third kappa shape index (κ3) is 2.42. The Hall–Kier alpha value is -2.20. The average Bonchev–Trinajstić information content (AvgIpc) is 2.86. The van der Waals surface area contributed by atoms with Crippen LogP contribution in [0.2, 0.25) is 0 Å². The van der Waals surface area contributed by atoms with Gasteiger partial charge in [-0.05, 0) is 61.4 Å². The molecule has 1 aromatic heterocycles. The molecule has 3 N–H and O–H groups in total. The monoisotopic (exact) mass is 326 g/mol. The first kappa shape index (κ1) is 15.3. The summed E-state index contributed by atoms with van der Waals surface area (Å²) >= 11 is 0. The highest BCUT2D eigenvalue weighted by Gasteiger charge is 2.33. The lowest BCUT2D eigenvalue weighted by atomic mass is 9.70. The third-order valence-corrected chi connectivity index (χ3v) is 5.15. The Bertz CT molecular complexity index is 907. The van der Waals surface area contributed by atoms with Crippen molar-refractivity contribution in [2.45, 2.75) is 25.7 Å². The SMILES string of the molecule is Cc1cccc(-c2[nH]c3c(F)cc(F)cc3c2C2CC(CN)C2)c1. The number of hydrogen-bond donors (Lipinski definition) is 2. The van der Waals surface area contributed by atoms with Gasteiger partial charge in [-0.3, -0.25) is 0 Å².